The highest BCUT2D eigenvalue weighted by molar-refractivity contribution is 6.32. The van der Waals surface area contributed by atoms with Crippen molar-refractivity contribution in [3.8, 4) is 11.5 Å². The zero-order chi connectivity index (χ0) is 19.1. The van der Waals surface area contributed by atoms with Crippen LogP contribution < -0.4 is 14.8 Å². The second-order valence-electron chi connectivity index (χ2n) is 5.33. The number of hydrogen-bond donors (Lipinski definition) is 1. The number of hydrogen-bond acceptors (Lipinski definition) is 3. The van der Waals surface area contributed by atoms with Crippen molar-refractivity contribution in [1.29, 1.82) is 0 Å². The zero-order valence-corrected chi connectivity index (χ0v) is 15.1. The smallest absolute Gasteiger partial charge is 0.248 e. The number of carbonyl (C=O) groups is 1. The number of benzene rings is 2. The number of anilines is 1. The van der Waals surface area contributed by atoms with Gasteiger partial charge in [-0.2, -0.15) is 0 Å². The van der Waals surface area contributed by atoms with E-state index in [9.17, 15) is 13.6 Å². The molecule has 1 amide bonds. The van der Waals surface area contributed by atoms with Crippen LogP contribution >= 0.6 is 11.6 Å². The highest BCUT2D eigenvalue weighted by Gasteiger charge is 2.11. The van der Waals surface area contributed by atoms with E-state index in [1.54, 1.807) is 12.1 Å². The van der Waals surface area contributed by atoms with Crippen LogP contribution in [0.3, 0.4) is 0 Å². The first-order valence-corrected chi connectivity index (χ1v) is 8.26. The summed E-state index contributed by atoms with van der Waals surface area (Å²) >= 11 is 6.20. The van der Waals surface area contributed by atoms with Gasteiger partial charge < -0.3 is 14.8 Å². The van der Waals surface area contributed by atoms with E-state index in [2.05, 4.69) is 5.32 Å². The van der Waals surface area contributed by atoms with E-state index in [0.717, 1.165) is 24.6 Å². The van der Waals surface area contributed by atoms with Crippen molar-refractivity contribution in [2.75, 3.05) is 19.0 Å². The normalized spacial score (nSPS) is 10.8. The standard InChI is InChI=1S/C19H18ClF2NO3/c1-3-8-26-19-14(20)9-12(10-17(19)25-2)4-7-18(24)23-16-11-13(21)5-6-15(16)22/h4-7,9-11H,3,8H2,1-2H3,(H,23,24)/b7-4+. The molecule has 0 radical (unpaired) electrons. The molecule has 0 aliphatic rings. The molecule has 0 bridgehead atoms. The molecule has 0 heterocycles. The Balaban J connectivity index is 2.15. The van der Waals surface area contributed by atoms with Crippen LogP contribution in [0.15, 0.2) is 36.4 Å². The van der Waals surface area contributed by atoms with Crippen molar-refractivity contribution in [3.05, 3.63) is 58.6 Å². The minimum Gasteiger partial charge on any atom is -0.493 e. The summed E-state index contributed by atoms with van der Waals surface area (Å²) in [4.78, 5) is 11.9. The van der Waals surface area contributed by atoms with Gasteiger partial charge in [0, 0.05) is 12.1 Å². The van der Waals surface area contributed by atoms with Crippen LogP contribution in [0.5, 0.6) is 11.5 Å². The largest absolute Gasteiger partial charge is 0.493 e. The fourth-order valence-electron chi connectivity index (χ4n) is 2.12. The fraction of sp³-hybridized carbons (Fsp3) is 0.211. The van der Waals surface area contributed by atoms with Crippen molar-refractivity contribution in [2.24, 2.45) is 0 Å². The van der Waals surface area contributed by atoms with Crippen molar-refractivity contribution >= 4 is 29.3 Å². The number of ether oxygens (including phenoxy) is 2. The van der Waals surface area contributed by atoms with E-state index >= 15 is 0 Å². The van der Waals surface area contributed by atoms with Crippen molar-refractivity contribution < 1.29 is 23.0 Å². The second-order valence-corrected chi connectivity index (χ2v) is 5.74. The Morgan fingerprint density at radius 3 is 2.73 bits per heavy atom. The number of carbonyl (C=O) groups excluding carboxylic acids is 1. The van der Waals surface area contributed by atoms with Crippen molar-refractivity contribution in [1.82, 2.24) is 0 Å². The minimum atomic E-state index is -0.727. The summed E-state index contributed by atoms with van der Waals surface area (Å²) in [5, 5.41) is 2.62. The van der Waals surface area contributed by atoms with E-state index in [1.807, 2.05) is 6.92 Å². The zero-order valence-electron chi connectivity index (χ0n) is 14.3. The Morgan fingerprint density at radius 2 is 2.04 bits per heavy atom. The van der Waals surface area contributed by atoms with Crippen LogP contribution in [0.1, 0.15) is 18.9 Å². The van der Waals surface area contributed by atoms with Gasteiger partial charge in [-0.05, 0) is 42.3 Å². The molecule has 26 heavy (non-hydrogen) atoms. The maximum absolute atomic E-state index is 13.5. The summed E-state index contributed by atoms with van der Waals surface area (Å²) in [5.74, 6) is -1.13. The van der Waals surface area contributed by atoms with Crippen LogP contribution in [-0.2, 0) is 4.79 Å². The van der Waals surface area contributed by atoms with E-state index in [1.165, 1.54) is 19.3 Å². The molecule has 0 saturated carbocycles. The third kappa shape index (κ3) is 5.20. The molecule has 7 heteroatoms. The lowest BCUT2D eigenvalue weighted by Gasteiger charge is -2.12. The molecule has 2 rings (SSSR count). The monoisotopic (exact) mass is 381 g/mol. The lowest BCUT2D eigenvalue weighted by molar-refractivity contribution is -0.111. The number of nitrogens with one attached hydrogen (secondary N) is 1. The molecule has 138 valence electrons. The van der Waals surface area contributed by atoms with Crippen LogP contribution in [0.4, 0.5) is 14.5 Å². The second kappa shape index (κ2) is 9.20. The predicted molar refractivity (Wildman–Crippen MR) is 97.8 cm³/mol. The number of rotatable bonds is 7. The topological polar surface area (TPSA) is 47.6 Å². The van der Waals surface area contributed by atoms with Crippen LogP contribution in [-0.4, -0.2) is 19.6 Å². The molecule has 0 aliphatic heterocycles. The van der Waals surface area contributed by atoms with Crippen LogP contribution in [0.2, 0.25) is 5.02 Å². The van der Waals surface area contributed by atoms with Gasteiger partial charge in [0.1, 0.15) is 11.6 Å². The highest BCUT2D eigenvalue weighted by atomic mass is 35.5. The molecular formula is C19H18ClF2NO3. The molecule has 0 saturated heterocycles. The fourth-order valence-corrected chi connectivity index (χ4v) is 2.39. The highest BCUT2D eigenvalue weighted by Crippen LogP contribution is 2.36. The summed E-state index contributed by atoms with van der Waals surface area (Å²) in [6, 6.07) is 6.08. The third-order valence-electron chi connectivity index (χ3n) is 3.32. The molecule has 4 nitrogen and oxygen atoms in total. The molecule has 2 aromatic carbocycles. The Hall–Kier alpha value is -2.60. The molecule has 0 aromatic heterocycles. The molecule has 2 aromatic rings. The molecule has 1 N–H and O–H groups in total. The van der Waals surface area contributed by atoms with Gasteiger partial charge in [-0.15, -0.1) is 0 Å². The van der Waals surface area contributed by atoms with Gasteiger partial charge in [0.2, 0.25) is 5.91 Å². The minimum absolute atomic E-state index is 0.237. The summed E-state index contributed by atoms with van der Waals surface area (Å²) in [6.45, 7) is 2.46. The number of halogens is 3. The molecule has 0 atom stereocenters. The van der Waals surface area contributed by atoms with Crippen LogP contribution in [0, 0.1) is 11.6 Å². The van der Waals surface area contributed by atoms with E-state index in [0.29, 0.717) is 28.7 Å². The lowest BCUT2D eigenvalue weighted by atomic mass is 10.2. The first-order valence-electron chi connectivity index (χ1n) is 7.89. The van der Waals surface area contributed by atoms with Gasteiger partial charge in [-0.25, -0.2) is 8.78 Å². The lowest BCUT2D eigenvalue weighted by Crippen LogP contribution is -2.09. The van der Waals surface area contributed by atoms with Gasteiger partial charge in [0.15, 0.2) is 11.5 Å². The van der Waals surface area contributed by atoms with Gasteiger partial charge >= 0.3 is 0 Å². The summed E-state index contributed by atoms with van der Waals surface area (Å²) in [6.07, 6.45) is 3.48. The average Bonchev–Trinajstić information content (AvgIpc) is 2.61. The molecule has 0 spiro atoms. The third-order valence-corrected chi connectivity index (χ3v) is 3.60. The van der Waals surface area contributed by atoms with Crippen molar-refractivity contribution in [2.45, 2.75) is 13.3 Å². The summed E-state index contributed by atoms with van der Waals surface area (Å²) in [5.41, 5.74) is 0.351. The van der Waals surface area contributed by atoms with Crippen molar-refractivity contribution in [3.63, 3.8) is 0 Å². The quantitative estimate of drug-likeness (QED) is 0.681. The SMILES string of the molecule is CCCOc1c(Cl)cc(/C=C/C(=O)Nc2cc(F)ccc2F)cc1OC. The Morgan fingerprint density at radius 1 is 1.27 bits per heavy atom. The maximum atomic E-state index is 13.5. The average molecular weight is 382 g/mol. The first-order chi connectivity index (χ1) is 12.4. The van der Waals surface area contributed by atoms with E-state index in [4.69, 9.17) is 21.1 Å². The Bertz CT molecular complexity index is 825. The van der Waals surface area contributed by atoms with Gasteiger partial charge in [-0.3, -0.25) is 4.79 Å². The summed E-state index contributed by atoms with van der Waals surface area (Å²) in [7, 11) is 1.48. The summed E-state index contributed by atoms with van der Waals surface area (Å²) < 4.78 is 37.5. The van der Waals surface area contributed by atoms with Gasteiger partial charge in [0.25, 0.3) is 0 Å². The number of methoxy groups -OCH3 is 1. The Labute approximate surface area is 155 Å². The Kier molecular flexibility index (Phi) is 6.97. The maximum Gasteiger partial charge on any atom is 0.248 e. The molecule has 0 aliphatic carbocycles. The van der Waals surface area contributed by atoms with Crippen LogP contribution in [0.25, 0.3) is 6.08 Å². The molecule has 0 unspecified atom stereocenters. The predicted octanol–water partition coefficient (Wildman–Crippen LogP) is 5.07. The molecular weight excluding hydrogens is 364 g/mol. The van der Waals surface area contributed by atoms with E-state index in [-0.39, 0.29) is 5.69 Å². The molecule has 0 fully saturated rings. The first kappa shape index (κ1) is 19.7. The van der Waals surface area contributed by atoms with E-state index < -0.39 is 17.5 Å². The van der Waals surface area contributed by atoms with Gasteiger partial charge in [0.05, 0.1) is 24.4 Å². The van der Waals surface area contributed by atoms with Gasteiger partial charge in [-0.1, -0.05) is 18.5 Å². The number of amides is 1.